The van der Waals surface area contributed by atoms with Gasteiger partial charge in [-0.25, -0.2) is 9.38 Å². The van der Waals surface area contributed by atoms with Crippen molar-refractivity contribution in [2.45, 2.75) is 13.2 Å². The highest BCUT2D eigenvalue weighted by atomic mass is 79.9. The molecule has 5 nitrogen and oxygen atoms in total. The monoisotopic (exact) mass is 602 g/mol. The molecule has 1 fully saturated rings. The Morgan fingerprint density at radius 2 is 1.74 bits per heavy atom. The number of nitrogens with zero attached hydrogens (tertiary/aromatic N) is 2. The van der Waals surface area contributed by atoms with E-state index in [0.717, 1.165) is 32.6 Å². The van der Waals surface area contributed by atoms with Crippen molar-refractivity contribution in [3.8, 4) is 11.5 Å². The summed E-state index contributed by atoms with van der Waals surface area (Å²) in [4.78, 5) is 20.6. The van der Waals surface area contributed by atoms with Crippen molar-refractivity contribution in [3.63, 3.8) is 0 Å². The molecule has 0 N–H and O–H groups in total. The molecule has 0 unspecified atom stereocenters. The Labute approximate surface area is 239 Å². The molecule has 4 aromatic carbocycles. The van der Waals surface area contributed by atoms with Crippen LogP contribution in [0, 0.1) is 5.82 Å². The molecule has 196 valence electrons. The summed E-state index contributed by atoms with van der Waals surface area (Å²) < 4.78 is 25.3. The van der Waals surface area contributed by atoms with E-state index in [1.54, 1.807) is 18.1 Å². The van der Waals surface area contributed by atoms with Crippen LogP contribution in [0.5, 0.6) is 11.5 Å². The molecular formula is C31H24BrFN2O3S. The Morgan fingerprint density at radius 1 is 0.949 bits per heavy atom. The van der Waals surface area contributed by atoms with E-state index in [4.69, 9.17) is 14.5 Å². The molecule has 4 aromatic rings. The van der Waals surface area contributed by atoms with E-state index in [1.807, 2.05) is 84.9 Å². The van der Waals surface area contributed by atoms with E-state index in [0.29, 0.717) is 22.4 Å². The number of carbonyl (C=O) groups excluding carboxylic acids is 1. The third kappa shape index (κ3) is 6.77. The predicted molar refractivity (Wildman–Crippen MR) is 158 cm³/mol. The van der Waals surface area contributed by atoms with Crippen LogP contribution >= 0.6 is 27.7 Å². The average Bonchev–Trinajstić information content (AvgIpc) is 3.22. The SMILES string of the molecule is COc1ccc(CN2C(=O)/C(=C/c3ccc(OCc4cccc(F)c4)c(Br)c3)SC2=Nc2ccccc2)cc1. The predicted octanol–water partition coefficient (Wildman–Crippen LogP) is 7.98. The minimum Gasteiger partial charge on any atom is -0.497 e. The lowest BCUT2D eigenvalue weighted by molar-refractivity contribution is -0.122. The van der Waals surface area contributed by atoms with Crippen molar-refractivity contribution >= 4 is 50.5 Å². The van der Waals surface area contributed by atoms with Gasteiger partial charge < -0.3 is 9.47 Å². The summed E-state index contributed by atoms with van der Waals surface area (Å²) in [6.45, 7) is 0.625. The highest BCUT2D eigenvalue weighted by Crippen LogP contribution is 2.36. The largest absolute Gasteiger partial charge is 0.497 e. The summed E-state index contributed by atoms with van der Waals surface area (Å²) in [5.41, 5.74) is 3.31. The number of aliphatic imine (C=N–C) groups is 1. The maximum absolute atomic E-state index is 13.5. The molecule has 1 heterocycles. The molecule has 1 amide bonds. The Kier molecular flexibility index (Phi) is 8.44. The van der Waals surface area contributed by atoms with Crippen LogP contribution in [0.25, 0.3) is 6.08 Å². The van der Waals surface area contributed by atoms with Gasteiger partial charge in [0, 0.05) is 0 Å². The van der Waals surface area contributed by atoms with Crippen LogP contribution in [0.4, 0.5) is 10.1 Å². The number of carbonyl (C=O) groups is 1. The number of hydrogen-bond donors (Lipinski definition) is 0. The van der Waals surface area contributed by atoms with E-state index in [1.165, 1.54) is 23.9 Å². The number of thioether (sulfide) groups is 1. The fourth-order valence-corrected chi connectivity index (χ4v) is 5.43. The summed E-state index contributed by atoms with van der Waals surface area (Å²) >= 11 is 4.90. The number of hydrogen-bond acceptors (Lipinski definition) is 5. The number of benzene rings is 4. The Morgan fingerprint density at radius 3 is 2.46 bits per heavy atom. The molecule has 0 saturated carbocycles. The van der Waals surface area contributed by atoms with Gasteiger partial charge in [0.15, 0.2) is 5.17 Å². The second kappa shape index (κ2) is 12.3. The molecule has 1 saturated heterocycles. The van der Waals surface area contributed by atoms with Crippen molar-refractivity contribution in [2.75, 3.05) is 7.11 Å². The van der Waals surface area contributed by atoms with Crippen LogP contribution in [0.2, 0.25) is 0 Å². The van der Waals surface area contributed by atoms with Gasteiger partial charge in [0.05, 0.1) is 28.7 Å². The van der Waals surface area contributed by atoms with Crippen molar-refractivity contribution in [1.82, 2.24) is 4.90 Å². The second-order valence-electron chi connectivity index (χ2n) is 8.69. The van der Waals surface area contributed by atoms with E-state index in [2.05, 4.69) is 15.9 Å². The number of rotatable bonds is 8. The van der Waals surface area contributed by atoms with Gasteiger partial charge in [-0.15, -0.1) is 0 Å². The van der Waals surface area contributed by atoms with Crippen LogP contribution in [0.3, 0.4) is 0 Å². The fourth-order valence-electron chi connectivity index (χ4n) is 3.92. The molecule has 0 spiro atoms. The van der Waals surface area contributed by atoms with Crippen LogP contribution in [-0.2, 0) is 17.9 Å². The van der Waals surface area contributed by atoms with Crippen LogP contribution in [-0.4, -0.2) is 23.1 Å². The first-order chi connectivity index (χ1) is 19.0. The normalized spacial score (nSPS) is 15.3. The Balaban J connectivity index is 1.37. The van der Waals surface area contributed by atoms with E-state index in [9.17, 15) is 9.18 Å². The molecule has 0 aromatic heterocycles. The molecular weight excluding hydrogens is 579 g/mol. The minimum absolute atomic E-state index is 0.118. The lowest BCUT2D eigenvalue weighted by atomic mass is 10.2. The smallest absolute Gasteiger partial charge is 0.267 e. The van der Waals surface area contributed by atoms with Gasteiger partial charge in [-0.05, 0) is 99.0 Å². The first-order valence-electron chi connectivity index (χ1n) is 12.1. The van der Waals surface area contributed by atoms with E-state index in [-0.39, 0.29) is 18.3 Å². The number of methoxy groups -OCH3 is 1. The third-order valence-electron chi connectivity index (χ3n) is 5.91. The molecule has 5 rings (SSSR count). The zero-order valence-corrected chi connectivity index (χ0v) is 23.4. The zero-order chi connectivity index (χ0) is 27.2. The maximum Gasteiger partial charge on any atom is 0.267 e. The quantitative estimate of drug-likeness (QED) is 0.192. The Bertz CT molecular complexity index is 1540. The molecule has 0 bridgehead atoms. The van der Waals surface area contributed by atoms with Crippen molar-refractivity contribution in [3.05, 3.63) is 129 Å². The van der Waals surface area contributed by atoms with Gasteiger partial charge >= 0.3 is 0 Å². The van der Waals surface area contributed by atoms with Crippen molar-refractivity contribution < 1.29 is 18.7 Å². The number of halogens is 2. The Hall–Kier alpha value is -3.88. The molecule has 0 aliphatic carbocycles. The van der Waals surface area contributed by atoms with Gasteiger partial charge in [-0.1, -0.05) is 48.5 Å². The second-order valence-corrected chi connectivity index (χ2v) is 10.6. The van der Waals surface area contributed by atoms with Crippen LogP contribution < -0.4 is 9.47 Å². The minimum atomic E-state index is -0.299. The standard InChI is InChI=1S/C31H24BrFN2O3S/c1-37-26-13-10-21(11-14-26)19-35-30(36)29(39-31(35)34-25-8-3-2-4-9-25)18-22-12-15-28(27(32)17-22)38-20-23-6-5-7-24(33)16-23/h2-18H,19-20H2,1H3/b29-18-,34-31?. The number of amidine groups is 1. The van der Waals surface area contributed by atoms with E-state index >= 15 is 0 Å². The highest BCUT2D eigenvalue weighted by molar-refractivity contribution is 9.10. The van der Waals surface area contributed by atoms with Gasteiger partial charge in [0.2, 0.25) is 0 Å². The lowest BCUT2D eigenvalue weighted by Gasteiger charge is -2.16. The highest BCUT2D eigenvalue weighted by Gasteiger charge is 2.33. The van der Waals surface area contributed by atoms with Crippen LogP contribution in [0.15, 0.2) is 111 Å². The lowest BCUT2D eigenvalue weighted by Crippen LogP contribution is -2.28. The number of amides is 1. The molecule has 8 heteroatoms. The third-order valence-corrected chi connectivity index (χ3v) is 7.53. The summed E-state index contributed by atoms with van der Waals surface area (Å²) in [6.07, 6.45) is 1.85. The van der Waals surface area contributed by atoms with Gasteiger partial charge in [0.25, 0.3) is 5.91 Å². The molecule has 0 radical (unpaired) electrons. The number of ether oxygens (including phenoxy) is 2. The van der Waals surface area contributed by atoms with Crippen LogP contribution in [0.1, 0.15) is 16.7 Å². The molecule has 1 aliphatic rings. The summed E-state index contributed by atoms with van der Waals surface area (Å²) in [5.74, 6) is 0.966. The molecule has 1 aliphatic heterocycles. The van der Waals surface area contributed by atoms with Gasteiger partial charge in [0.1, 0.15) is 23.9 Å². The first-order valence-corrected chi connectivity index (χ1v) is 13.7. The van der Waals surface area contributed by atoms with Crippen molar-refractivity contribution in [1.29, 1.82) is 0 Å². The van der Waals surface area contributed by atoms with Crippen molar-refractivity contribution in [2.24, 2.45) is 4.99 Å². The summed E-state index contributed by atoms with van der Waals surface area (Å²) in [6, 6.07) is 29.1. The number of para-hydroxylation sites is 1. The van der Waals surface area contributed by atoms with Gasteiger partial charge in [-0.3, -0.25) is 9.69 Å². The zero-order valence-electron chi connectivity index (χ0n) is 21.0. The first kappa shape index (κ1) is 26.7. The fraction of sp³-hybridized carbons (Fsp3) is 0.0968. The summed E-state index contributed by atoms with van der Waals surface area (Å²) in [5, 5.41) is 0.613. The topological polar surface area (TPSA) is 51.1 Å². The average molecular weight is 604 g/mol. The van der Waals surface area contributed by atoms with Gasteiger partial charge in [-0.2, -0.15) is 0 Å². The van der Waals surface area contributed by atoms with E-state index < -0.39 is 0 Å². The molecule has 39 heavy (non-hydrogen) atoms. The summed E-state index contributed by atoms with van der Waals surface area (Å²) in [7, 11) is 1.62. The maximum atomic E-state index is 13.5. The molecule has 0 atom stereocenters.